The third-order valence-corrected chi connectivity index (χ3v) is 1.92. The summed E-state index contributed by atoms with van der Waals surface area (Å²) in [6.45, 7) is 2.03. The minimum atomic E-state index is 0.0778. The van der Waals surface area contributed by atoms with E-state index in [1.807, 2.05) is 6.92 Å². The quantitative estimate of drug-likeness (QED) is 0.670. The van der Waals surface area contributed by atoms with E-state index in [2.05, 4.69) is 0 Å². The molecule has 0 N–H and O–H groups in total. The highest BCUT2D eigenvalue weighted by Gasteiger charge is 2.01. The van der Waals surface area contributed by atoms with Gasteiger partial charge >= 0.3 is 0 Å². The summed E-state index contributed by atoms with van der Waals surface area (Å²) in [6.07, 6.45) is 2.12. The summed E-state index contributed by atoms with van der Waals surface area (Å²) in [5.74, 6) is 0.637. The van der Waals surface area contributed by atoms with Crippen molar-refractivity contribution < 1.29 is 14.3 Å². The molecular weight excluding hydrogens is 192 g/mol. The molecule has 80 valence electrons. The lowest BCUT2D eigenvalue weighted by atomic mass is 10.2. The minimum Gasteiger partial charge on any atom is -0.486 e. The van der Waals surface area contributed by atoms with Crippen molar-refractivity contribution in [3.8, 4) is 5.75 Å². The molecule has 0 saturated carbocycles. The van der Waals surface area contributed by atoms with Gasteiger partial charge in [0.1, 0.15) is 18.6 Å². The highest BCUT2D eigenvalue weighted by atomic mass is 16.5. The first-order valence-electron chi connectivity index (χ1n) is 4.96. The van der Waals surface area contributed by atoms with Crippen LogP contribution in [0.15, 0.2) is 24.3 Å². The van der Waals surface area contributed by atoms with E-state index >= 15 is 0 Å². The van der Waals surface area contributed by atoms with Gasteiger partial charge in [-0.05, 0) is 18.6 Å². The second kappa shape index (κ2) is 5.96. The standard InChI is InChI=1S/C12H14O3/c1-2-4-11(14)9-15-12-6-3-5-10(7-12)8-13/h3,5-8H,2,4,9H2,1H3. The smallest absolute Gasteiger partial charge is 0.170 e. The highest BCUT2D eigenvalue weighted by molar-refractivity contribution is 5.80. The number of carbonyl (C=O) groups excluding carboxylic acids is 2. The lowest BCUT2D eigenvalue weighted by Crippen LogP contribution is -2.10. The lowest BCUT2D eigenvalue weighted by Gasteiger charge is -2.04. The molecule has 0 aliphatic carbocycles. The zero-order valence-electron chi connectivity index (χ0n) is 8.73. The molecule has 0 unspecified atom stereocenters. The van der Waals surface area contributed by atoms with Crippen LogP contribution in [0.1, 0.15) is 30.1 Å². The topological polar surface area (TPSA) is 43.4 Å². The summed E-state index contributed by atoms with van der Waals surface area (Å²) >= 11 is 0. The minimum absolute atomic E-state index is 0.0778. The van der Waals surface area contributed by atoms with Crippen LogP contribution in [-0.2, 0) is 4.79 Å². The van der Waals surface area contributed by atoms with Gasteiger partial charge in [0.15, 0.2) is 5.78 Å². The maximum absolute atomic E-state index is 11.2. The molecular formula is C12H14O3. The van der Waals surface area contributed by atoms with Crippen LogP contribution in [0.2, 0.25) is 0 Å². The highest BCUT2D eigenvalue weighted by Crippen LogP contribution is 2.11. The van der Waals surface area contributed by atoms with Crippen LogP contribution in [0.5, 0.6) is 5.75 Å². The summed E-state index contributed by atoms with van der Waals surface area (Å²) in [6, 6.07) is 6.76. The Morgan fingerprint density at radius 3 is 2.93 bits per heavy atom. The number of hydrogen-bond donors (Lipinski definition) is 0. The Morgan fingerprint density at radius 1 is 1.47 bits per heavy atom. The molecule has 15 heavy (non-hydrogen) atoms. The SMILES string of the molecule is CCCC(=O)COc1cccc(C=O)c1. The van der Waals surface area contributed by atoms with Crippen LogP contribution in [0.4, 0.5) is 0 Å². The van der Waals surface area contributed by atoms with Crippen molar-refractivity contribution in [2.75, 3.05) is 6.61 Å². The Labute approximate surface area is 89.1 Å². The fourth-order valence-electron chi connectivity index (χ4n) is 1.19. The number of rotatable bonds is 6. The van der Waals surface area contributed by atoms with E-state index in [9.17, 15) is 9.59 Å². The molecule has 1 rings (SSSR count). The summed E-state index contributed by atoms with van der Waals surface area (Å²) in [4.78, 5) is 21.7. The van der Waals surface area contributed by atoms with Gasteiger partial charge in [-0.2, -0.15) is 0 Å². The first-order valence-corrected chi connectivity index (χ1v) is 4.96. The van der Waals surface area contributed by atoms with Gasteiger partial charge in [-0.15, -0.1) is 0 Å². The number of aldehydes is 1. The molecule has 0 aromatic heterocycles. The van der Waals surface area contributed by atoms with E-state index in [0.717, 1.165) is 12.7 Å². The summed E-state index contributed by atoms with van der Waals surface area (Å²) in [7, 11) is 0. The first kappa shape index (κ1) is 11.4. The molecule has 0 saturated heterocycles. The number of Topliss-reactive ketones (excluding diaryl/α,β-unsaturated/α-hetero) is 1. The number of ether oxygens (including phenoxy) is 1. The van der Waals surface area contributed by atoms with Gasteiger partial charge in [-0.25, -0.2) is 0 Å². The van der Waals surface area contributed by atoms with Gasteiger partial charge in [0.05, 0.1) is 0 Å². The van der Waals surface area contributed by atoms with Crippen molar-refractivity contribution in [1.29, 1.82) is 0 Å². The average Bonchev–Trinajstić information content (AvgIpc) is 2.27. The van der Waals surface area contributed by atoms with Crippen LogP contribution < -0.4 is 4.74 Å². The van der Waals surface area contributed by atoms with Crippen molar-refractivity contribution in [3.63, 3.8) is 0 Å². The third kappa shape index (κ3) is 3.94. The van der Waals surface area contributed by atoms with Gasteiger partial charge < -0.3 is 4.74 Å². The molecule has 0 spiro atoms. The van der Waals surface area contributed by atoms with E-state index in [4.69, 9.17) is 4.74 Å². The van der Waals surface area contributed by atoms with Crippen molar-refractivity contribution in [2.24, 2.45) is 0 Å². The Bertz CT molecular complexity index is 344. The molecule has 0 aliphatic rings. The lowest BCUT2D eigenvalue weighted by molar-refractivity contribution is -0.121. The fourth-order valence-corrected chi connectivity index (χ4v) is 1.19. The summed E-state index contributed by atoms with van der Waals surface area (Å²) in [5.41, 5.74) is 0.551. The molecule has 1 aromatic carbocycles. The van der Waals surface area contributed by atoms with Crippen LogP contribution in [0.3, 0.4) is 0 Å². The molecule has 3 heteroatoms. The summed E-state index contributed by atoms with van der Waals surface area (Å²) in [5, 5.41) is 0. The van der Waals surface area contributed by atoms with Gasteiger partial charge in [-0.1, -0.05) is 19.1 Å². The second-order valence-electron chi connectivity index (χ2n) is 3.27. The van der Waals surface area contributed by atoms with Gasteiger partial charge in [0.2, 0.25) is 0 Å². The van der Waals surface area contributed by atoms with Crippen LogP contribution in [-0.4, -0.2) is 18.7 Å². The fraction of sp³-hybridized carbons (Fsp3) is 0.333. The summed E-state index contributed by atoms with van der Waals surface area (Å²) < 4.78 is 5.25. The zero-order chi connectivity index (χ0) is 11.1. The predicted molar refractivity (Wildman–Crippen MR) is 57.2 cm³/mol. The number of benzene rings is 1. The van der Waals surface area contributed by atoms with E-state index in [1.165, 1.54) is 0 Å². The number of ketones is 1. The van der Waals surface area contributed by atoms with Gasteiger partial charge in [0, 0.05) is 12.0 Å². The van der Waals surface area contributed by atoms with Crippen molar-refractivity contribution in [1.82, 2.24) is 0 Å². The van der Waals surface area contributed by atoms with Crippen molar-refractivity contribution in [3.05, 3.63) is 29.8 Å². The Kier molecular flexibility index (Phi) is 4.54. The van der Waals surface area contributed by atoms with Crippen LogP contribution in [0.25, 0.3) is 0 Å². The molecule has 0 radical (unpaired) electrons. The van der Waals surface area contributed by atoms with Crippen LogP contribution >= 0.6 is 0 Å². The normalized spacial score (nSPS) is 9.67. The maximum Gasteiger partial charge on any atom is 0.170 e. The number of hydrogen-bond acceptors (Lipinski definition) is 3. The van der Waals surface area contributed by atoms with E-state index in [1.54, 1.807) is 24.3 Å². The molecule has 0 heterocycles. The average molecular weight is 206 g/mol. The van der Waals surface area contributed by atoms with Crippen molar-refractivity contribution >= 4 is 12.1 Å². The molecule has 0 atom stereocenters. The van der Waals surface area contributed by atoms with Crippen molar-refractivity contribution in [2.45, 2.75) is 19.8 Å². The van der Waals surface area contributed by atoms with Gasteiger partial charge in [0.25, 0.3) is 0 Å². The Balaban J connectivity index is 2.50. The Morgan fingerprint density at radius 2 is 2.27 bits per heavy atom. The monoisotopic (exact) mass is 206 g/mol. The molecule has 0 aliphatic heterocycles. The largest absolute Gasteiger partial charge is 0.486 e. The van der Waals surface area contributed by atoms with E-state index in [-0.39, 0.29) is 12.4 Å². The van der Waals surface area contributed by atoms with E-state index < -0.39 is 0 Å². The molecule has 0 amide bonds. The molecule has 3 nitrogen and oxygen atoms in total. The molecule has 0 fully saturated rings. The maximum atomic E-state index is 11.2. The Hall–Kier alpha value is -1.64. The first-order chi connectivity index (χ1) is 7.26. The van der Waals surface area contributed by atoms with Crippen LogP contribution in [0, 0.1) is 0 Å². The van der Waals surface area contributed by atoms with E-state index in [0.29, 0.717) is 17.7 Å². The molecule has 1 aromatic rings. The second-order valence-corrected chi connectivity index (χ2v) is 3.27. The third-order valence-electron chi connectivity index (χ3n) is 1.92. The zero-order valence-corrected chi connectivity index (χ0v) is 8.73. The molecule has 0 bridgehead atoms. The van der Waals surface area contributed by atoms with Gasteiger partial charge in [-0.3, -0.25) is 9.59 Å². The predicted octanol–water partition coefficient (Wildman–Crippen LogP) is 2.25. The number of carbonyl (C=O) groups is 2.